The molecule has 0 rings (SSSR count). The van der Waals surface area contributed by atoms with E-state index in [1.165, 1.54) is 263 Å². The van der Waals surface area contributed by atoms with Gasteiger partial charge in [-0.05, 0) is 70.6 Å². The van der Waals surface area contributed by atoms with Gasteiger partial charge in [0.1, 0.15) is 13.2 Å². The van der Waals surface area contributed by atoms with Gasteiger partial charge in [-0.3, -0.25) is 14.4 Å². The fourth-order valence-corrected chi connectivity index (χ4v) is 10.4. The summed E-state index contributed by atoms with van der Waals surface area (Å²) >= 11 is 0. The third kappa shape index (κ3) is 64.3. The summed E-state index contributed by atoms with van der Waals surface area (Å²) in [5.74, 6) is -0.856. The van der Waals surface area contributed by atoms with E-state index in [0.29, 0.717) is 19.3 Å². The van der Waals surface area contributed by atoms with Gasteiger partial charge in [-0.2, -0.15) is 0 Å². The van der Waals surface area contributed by atoms with Gasteiger partial charge >= 0.3 is 17.9 Å². The number of carbonyl (C=O) groups excluding carboxylic acids is 3. The van der Waals surface area contributed by atoms with Gasteiger partial charge < -0.3 is 14.2 Å². The molecule has 0 amide bonds. The van der Waals surface area contributed by atoms with E-state index < -0.39 is 6.10 Å². The van der Waals surface area contributed by atoms with Crippen LogP contribution in [0.25, 0.3) is 0 Å². The number of carbonyl (C=O) groups is 3. The average molecular weight is 1080 g/mol. The summed E-state index contributed by atoms with van der Waals surface area (Å²) in [5.41, 5.74) is 0. The van der Waals surface area contributed by atoms with Crippen molar-refractivity contribution in [3.05, 3.63) is 36.5 Å². The van der Waals surface area contributed by atoms with E-state index in [0.717, 1.165) is 77.0 Å². The second-order valence-corrected chi connectivity index (χ2v) is 23.4. The molecule has 0 aliphatic heterocycles. The number of hydrogen-bond donors (Lipinski definition) is 0. The molecule has 452 valence electrons. The summed E-state index contributed by atoms with van der Waals surface area (Å²) in [6.45, 7) is 6.62. The smallest absolute Gasteiger partial charge is 0.306 e. The third-order valence-electron chi connectivity index (χ3n) is 15.6. The second-order valence-electron chi connectivity index (χ2n) is 23.4. The molecule has 0 bridgehead atoms. The topological polar surface area (TPSA) is 78.9 Å². The lowest BCUT2D eigenvalue weighted by Gasteiger charge is -2.18. The largest absolute Gasteiger partial charge is 0.462 e. The molecule has 6 heteroatoms. The van der Waals surface area contributed by atoms with Crippen LogP contribution in [0.15, 0.2) is 36.5 Å². The fraction of sp³-hybridized carbons (Fsp3) is 0.873. The molecule has 0 aliphatic carbocycles. The summed E-state index contributed by atoms with van der Waals surface area (Å²) in [6, 6.07) is 0. The van der Waals surface area contributed by atoms with Crippen molar-refractivity contribution in [2.24, 2.45) is 0 Å². The maximum absolute atomic E-state index is 12.9. The Kier molecular flexibility index (Phi) is 64.1. The maximum Gasteiger partial charge on any atom is 0.306 e. The van der Waals surface area contributed by atoms with E-state index >= 15 is 0 Å². The number of allylic oxidation sites excluding steroid dienone is 6. The first-order chi connectivity index (χ1) is 38.0. The molecule has 6 nitrogen and oxygen atoms in total. The van der Waals surface area contributed by atoms with Gasteiger partial charge in [-0.25, -0.2) is 0 Å². The van der Waals surface area contributed by atoms with Gasteiger partial charge in [0.2, 0.25) is 0 Å². The average Bonchev–Trinajstić information content (AvgIpc) is 3.43. The molecule has 1 unspecified atom stereocenters. The van der Waals surface area contributed by atoms with Crippen molar-refractivity contribution < 1.29 is 28.6 Å². The Morgan fingerprint density at radius 2 is 0.494 bits per heavy atom. The normalized spacial score (nSPS) is 12.2. The van der Waals surface area contributed by atoms with Crippen molar-refractivity contribution in [3.8, 4) is 0 Å². The summed E-state index contributed by atoms with van der Waals surface area (Å²) in [7, 11) is 0. The number of unbranched alkanes of at least 4 members (excludes halogenated alkanes) is 47. The van der Waals surface area contributed by atoms with Gasteiger partial charge in [0.15, 0.2) is 6.10 Å². The molecule has 0 spiro atoms. The van der Waals surface area contributed by atoms with Crippen LogP contribution in [0.5, 0.6) is 0 Å². The standard InChI is InChI=1S/C71H132O6/c1-4-7-10-13-16-19-22-24-26-27-28-29-30-31-32-33-34-35-36-37-38-39-40-41-42-43-44-45-46-48-49-52-55-58-61-64-70(73)76-67-68(66-75-69(72)63-60-57-54-51-21-18-15-12-9-6-3)77-71(74)65-62-59-56-53-50-47-25-23-20-17-14-11-8-5-2/h12,15,22,24,27-28,68H,4-11,13-14,16-21,23,25-26,29-67H2,1-3H3/b15-12-,24-22-,28-27-. The first-order valence-electron chi connectivity index (χ1n) is 34.5. The molecular weight excluding hydrogens is 949 g/mol. The van der Waals surface area contributed by atoms with Gasteiger partial charge in [0.25, 0.3) is 0 Å². The van der Waals surface area contributed by atoms with Crippen LogP contribution in [0, 0.1) is 0 Å². The van der Waals surface area contributed by atoms with Crippen LogP contribution >= 0.6 is 0 Å². The molecule has 0 aromatic carbocycles. The van der Waals surface area contributed by atoms with Gasteiger partial charge in [0, 0.05) is 19.3 Å². The third-order valence-corrected chi connectivity index (χ3v) is 15.6. The molecule has 0 heterocycles. The predicted molar refractivity (Wildman–Crippen MR) is 335 cm³/mol. The van der Waals surface area contributed by atoms with Crippen molar-refractivity contribution in [2.45, 2.75) is 386 Å². The Labute approximate surface area is 480 Å². The van der Waals surface area contributed by atoms with E-state index in [1.54, 1.807) is 0 Å². The van der Waals surface area contributed by atoms with Crippen LogP contribution < -0.4 is 0 Å². The highest BCUT2D eigenvalue weighted by Crippen LogP contribution is 2.18. The zero-order valence-corrected chi connectivity index (χ0v) is 52.0. The fourth-order valence-electron chi connectivity index (χ4n) is 10.4. The van der Waals surface area contributed by atoms with E-state index in [-0.39, 0.29) is 31.1 Å². The minimum absolute atomic E-state index is 0.0686. The van der Waals surface area contributed by atoms with Gasteiger partial charge in [0.05, 0.1) is 0 Å². The van der Waals surface area contributed by atoms with Crippen molar-refractivity contribution in [1.82, 2.24) is 0 Å². The SMILES string of the molecule is CCC/C=C\CCCCCCCC(=O)OCC(COC(=O)CCCCCCCCCCCCCCCCCCCCCCCCC/C=C\C/C=C\CCCCCCC)OC(=O)CCCCCCCCCCCCCCCC. The molecule has 0 aromatic rings. The van der Waals surface area contributed by atoms with Crippen LogP contribution in [0.4, 0.5) is 0 Å². The van der Waals surface area contributed by atoms with Crippen LogP contribution in [0.3, 0.4) is 0 Å². The molecule has 0 saturated carbocycles. The molecule has 0 saturated heterocycles. The molecule has 0 aromatic heterocycles. The highest BCUT2D eigenvalue weighted by Gasteiger charge is 2.19. The van der Waals surface area contributed by atoms with Crippen molar-refractivity contribution in [2.75, 3.05) is 13.2 Å². The molecule has 0 fully saturated rings. The van der Waals surface area contributed by atoms with Crippen LogP contribution in [-0.4, -0.2) is 37.2 Å². The first-order valence-corrected chi connectivity index (χ1v) is 34.5. The predicted octanol–water partition coefficient (Wildman–Crippen LogP) is 23.6. The van der Waals surface area contributed by atoms with E-state index in [9.17, 15) is 14.4 Å². The highest BCUT2D eigenvalue weighted by molar-refractivity contribution is 5.71. The Morgan fingerprint density at radius 3 is 0.779 bits per heavy atom. The Morgan fingerprint density at radius 1 is 0.260 bits per heavy atom. The monoisotopic (exact) mass is 1080 g/mol. The lowest BCUT2D eigenvalue weighted by Crippen LogP contribution is -2.30. The minimum atomic E-state index is -0.770. The molecule has 0 aliphatic rings. The van der Waals surface area contributed by atoms with E-state index in [1.807, 2.05) is 0 Å². The Hall–Kier alpha value is -2.37. The zero-order valence-electron chi connectivity index (χ0n) is 52.0. The number of ether oxygens (including phenoxy) is 3. The summed E-state index contributed by atoms with van der Waals surface area (Å²) < 4.78 is 16.9. The van der Waals surface area contributed by atoms with E-state index in [2.05, 4.69) is 57.2 Å². The number of esters is 3. The maximum atomic E-state index is 12.9. The summed E-state index contributed by atoms with van der Waals surface area (Å²) in [5, 5.41) is 0. The minimum Gasteiger partial charge on any atom is -0.462 e. The number of rotatable bonds is 64. The Balaban J connectivity index is 3.97. The first kappa shape index (κ1) is 74.6. The molecule has 0 radical (unpaired) electrons. The quantitative estimate of drug-likeness (QED) is 0.0261. The summed E-state index contributed by atoms with van der Waals surface area (Å²) in [6.07, 6.45) is 82.0. The van der Waals surface area contributed by atoms with Crippen molar-refractivity contribution in [1.29, 1.82) is 0 Å². The van der Waals surface area contributed by atoms with Crippen LogP contribution in [0.2, 0.25) is 0 Å². The molecule has 1 atom stereocenters. The van der Waals surface area contributed by atoms with Crippen molar-refractivity contribution in [3.63, 3.8) is 0 Å². The molecule has 0 N–H and O–H groups in total. The van der Waals surface area contributed by atoms with Crippen LogP contribution in [-0.2, 0) is 28.6 Å². The summed E-state index contributed by atoms with van der Waals surface area (Å²) in [4.78, 5) is 38.2. The highest BCUT2D eigenvalue weighted by atomic mass is 16.6. The lowest BCUT2D eigenvalue weighted by molar-refractivity contribution is -0.167. The number of hydrogen-bond acceptors (Lipinski definition) is 6. The van der Waals surface area contributed by atoms with Crippen molar-refractivity contribution >= 4 is 17.9 Å². The van der Waals surface area contributed by atoms with Gasteiger partial charge in [-0.15, -0.1) is 0 Å². The molecule has 77 heavy (non-hydrogen) atoms. The van der Waals surface area contributed by atoms with Gasteiger partial charge in [-0.1, -0.05) is 327 Å². The Bertz CT molecular complexity index is 1290. The second kappa shape index (κ2) is 66.1. The lowest BCUT2D eigenvalue weighted by atomic mass is 10.0. The van der Waals surface area contributed by atoms with Crippen LogP contribution in [0.1, 0.15) is 380 Å². The zero-order chi connectivity index (χ0) is 55.7. The molecular formula is C71H132O6. The van der Waals surface area contributed by atoms with E-state index in [4.69, 9.17) is 14.2 Å².